The largest absolute Gasteiger partial charge is 0.469 e. The molecule has 0 bridgehead atoms. The third-order valence-corrected chi connectivity index (χ3v) is 4.26. The van der Waals surface area contributed by atoms with Gasteiger partial charge in [-0.1, -0.05) is 0 Å². The number of aromatic nitrogens is 3. The summed E-state index contributed by atoms with van der Waals surface area (Å²) < 4.78 is 44.3. The second-order valence-corrected chi connectivity index (χ2v) is 6.08. The van der Waals surface area contributed by atoms with Gasteiger partial charge in [0.1, 0.15) is 5.82 Å². The fraction of sp³-hybridized carbons (Fsp3) is 0.412. The number of methoxy groups -OCH3 is 1. The Morgan fingerprint density at radius 2 is 2.12 bits per heavy atom. The van der Waals surface area contributed by atoms with Crippen LogP contribution < -0.4 is 5.32 Å². The summed E-state index contributed by atoms with van der Waals surface area (Å²) in [4.78, 5) is 23.3. The van der Waals surface area contributed by atoms with Crippen molar-refractivity contribution in [3.8, 4) is 11.4 Å². The highest BCUT2D eigenvalue weighted by atomic mass is 19.4. The van der Waals surface area contributed by atoms with Crippen molar-refractivity contribution in [2.24, 2.45) is 5.92 Å². The SMILES string of the molecule is COC(=O)[C@H]1CC[C@@H](Nc2cc(C(F)(F)F)nc(-c3cccnc3)n2)C1. The Morgan fingerprint density at radius 3 is 2.77 bits per heavy atom. The molecule has 0 unspecified atom stereocenters. The van der Waals surface area contributed by atoms with Crippen molar-refractivity contribution in [1.29, 1.82) is 0 Å². The third-order valence-electron chi connectivity index (χ3n) is 4.26. The molecule has 1 fully saturated rings. The Hall–Kier alpha value is -2.71. The molecular formula is C17H17F3N4O2. The summed E-state index contributed by atoms with van der Waals surface area (Å²) in [5, 5.41) is 2.99. The van der Waals surface area contributed by atoms with E-state index in [-0.39, 0.29) is 29.6 Å². The van der Waals surface area contributed by atoms with E-state index in [9.17, 15) is 18.0 Å². The van der Waals surface area contributed by atoms with Crippen LogP contribution >= 0.6 is 0 Å². The van der Waals surface area contributed by atoms with Gasteiger partial charge in [0, 0.05) is 30.1 Å². The lowest BCUT2D eigenvalue weighted by Gasteiger charge is -2.16. The van der Waals surface area contributed by atoms with Crippen LogP contribution in [0.3, 0.4) is 0 Å². The minimum absolute atomic E-state index is 0.0575. The molecule has 0 aromatic carbocycles. The molecule has 0 saturated heterocycles. The van der Waals surface area contributed by atoms with Crippen molar-refractivity contribution < 1.29 is 22.7 Å². The Bertz CT molecular complexity index is 783. The number of anilines is 1. The molecule has 0 radical (unpaired) electrons. The van der Waals surface area contributed by atoms with E-state index in [1.54, 1.807) is 12.1 Å². The lowest BCUT2D eigenvalue weighted by atomic mass is 10.1. The van der Waals surface area contributed by atoms with Gasteiger partial charge in [0.15, 0.2) is 11.5 Å². The maximum Gasteiger partial charge on any atom is 0.433 e. The number of hydrogen-bond acceptors (Lipinski definition) is 6. The zero-order chi connectivity index (χ0) is 18.7. The number of alkyl halides is 3. The van der Waals surface area contributed by atoms with E-state index in [0.717, 1.165) is 6.07 Å². The van der Waals surface area contributed by atoms with E-state index in [2.05, 4.69) is 20.3 Å². The highest BCUT2D eigenvalue weighted by Gasteiger charge is 2.35. The molecule has 26 heavy (non-hydrogen) atoms. The van der Waals surface area contributed by atoms with Crippen LogP contribution in [0, 0.1) is 5.92 Å². The Balaban J connectivity index is 1.86. The average Bonchev–Trinajstić information content (AvgIpc) is 3.09. The van der Waals surface area contributed by atoms with E-state index in [4.69, 9.17) is 4.74 Å². The van der Waals surface area contributed by atoms with Crippen LogP contribution in [-0.2, 0) is 15.7 Å². The number of nitrogens with one attached hydrogen (secondary N) is 1. The van der Waals surface area contributed by atoms with Crippen LogP contribution in [0.4, 0.5) is 19.0 Å². The summed E-state index contributed by atoms with van der Waals surface area (Å²) in [7, 11) is 1.32. The van der Waals surface area contributed by atoms with Crippen molar-refractivity contribution in [2.75, 3.05) is 12.4 Å². The maximum absolute atomic E-state index is 13.2. The molecule has 138 valence electrons. The molecule has 1 saturated carbocycles. The number of ether oxygens (including phenoxy) is 1. The van der Waals surface area contributed by atoms with E-state index in [0.29, 0.717) is 24.8 Å². The number of esters is 1. The number of carbonyl (C=O) groups excluding carboxylic acids is 1. The van der Waals surface area contributed by atoms with Gasteiger partial charge < -0.3 is 10.1 Å². The molecule has 6 nitrogen and oxygen atoms in total. The van der Waals surface area contributed by atoms with Crippen LogP contribution in [0.2, 0.25) is 0 Å². The molecule has 1 aliphatic rings. The van der Waals surface area contributed by atoms with Crippen molar-refractivity contribution in [2.45, 2.75) is 31.5 Å². The second kappa shape index (κ2) is 7.27. The van der Waals surface area contributed by atoms with Crippen molar-refractivity contribution in [3.05, 3.63) is 36.3 Å². The van der Waals surface area contributed by atoms with Crippen LogP contribution in [-0.4, -0.2) is 34.1 Å². The van der Waals surface area contributed by atoms with Crippen LogP contribution in [0.25, 0.3) is 11.4 Å². The van der Waals surface area contributed by atoms with Gasteiger partial charge in [0.25, 0.3) is 0 Å². The zero-order valence-corrected chi connectivity index (χ0v) is 14.0. The first-order valence-electron chi connectivity index (χ1n) is 8.08. The quantitative estimate of drug-likeness (QED) is 0.837. The van der Waals surface area contributed by atoms with E-state index < -0.39 is 11.9 Å². The number of nitrogens with zero attached hydrogens (tertiary/aromatic N) is 3. The number of rotatable bonds is 4. The minimum atomic E-state index is -4.60. The first kappa shape index (κ1) is 18.1. The second-order valence-electron chi connectivity index (χ2n) is 6.08. The highest BCUT2D eigenvalue weighted by Crippen LogP contribution is 2.33. The van der Waals surface area contributed by atoms with Crippen molar-refractivity contribution >= 4 is 11.8 Å². The molecule has 2 atom stereocenters. The van der Waals surface area contributed by atoms with Gasteiger partial charge in [0.2, 0.25) is 0 Å². The minimum Gasteiger partial charge on any atom is -0.469 e. The third kappa shape index (κ3) is 4.09. The molecular weight excluding hydrogens is 349 g/mol. The van der Waals surface area contributed by atoms with Gasteiger partial charge in [-0.25, -0.2) is 9.97 Å². The van der Waals surface area contributed by atoms with Crippen molar-refractivity contribution in [1.82, 2.24) is 15.0 Å². The predicted molar refractivity (Wildman–Crippen MR) is 87.0 cm³/mol. The molecule has 0 spiro atoms. The number of carbonyl (C=O) groups is 1. The Kier molecular flexibility index (Phi) is 5.06. The van der Waals surface area contributed by atoms with Crippen molar-refractivity contribution in [3.63, 3.8) is 0 Å². The van der Waals surface area contributed by atoms with Crippen LogP contribution in [0.15, 0.2) is 30.6 Å². The highest BCUT2D eigenvalue weighted by molar-refractivity contribution is 5.72. The molecule has 1 N–H and O–H groups in total. The van der Waals surface area contributed by atoms with E-state index in [1.165, 1.54) is 19.5 Å². The molecule has 2 heterocycles. The molecule has 9 heteroatoms. The zero-order valence-electron chi connectivity index (χ0n) is 14.0. The summed E-state index contributed by atoms with van der Waals surface area (Å²) in [6.07, 6.45) is 0.0784. The van der Waals surface area contributed by atoms with Gasteiger partial charge in [-0.15, -0.1) is 0 Å². The van der Waals surface area contributed by atoms with E-state index in [1.807, 2.05) is 0 Å². The summed E-state index contributed by atoms with van der Waals surface area (Å²) in [5.74, 6) is -0.539. The fourth-order valence-electron chi connectivity index (χ4n) is 2.99. The van der Waals surface area contributed by atoms with Gasteiger partial charge >= 0.3 is 12.1 Å². The van der Waals surface area contributed by atoms with Crippen LogP contribution in [0.1, 0.15) is 25.0 Å². The number of hydrogen-bond donors (Lipinski definition) is 1. The lowest BCUT2D eigenvalue weighted by molar-refractivity contribution is -0.145. The average molecular weight is 366 g/mol. The summed E-state index contributed by atoms with van der Waals surface area (Å²) in [6, 6.07) is 3.92. The Morgan fingerprint density at radius 1 is 1.31 bits per heavy atom. The smallest absolute Gasteiger partial charge is 0.433 e. The van der Waals surface area contributed by atoms with Crippen LogP contribution in [0.5, 0.6) is 0 Å². The Labute approximate surface area is 147 Å². The molecule has 1 aliphatic carbocycles. The molecule has 2 aromatic heterocycles. The molecule has 0 amide bonds. The normalized spacial score (nSPS) is 20.0. The van der Waals surface area contributed by atoms with E-state index >= 15 is 0 Å². The lowest BCUT2D eigenvalue weighted by Crippen LogP contribution is -2.20. The first-order chi connectivity index (χ1) is 12.4. The fourth-order valence-corrected chi connectivity index (χ4v) is 2.99. The van der Waals surface area contributed by atoms with Gasteiger partial charge in [-0.05, 0) is 31.4 Å². The molecule has 0 aliphatic heterocycles. The van der Waals surface area contributed by atoms with Gasteiger partial charge in [0.05, 0.1) is 13.0 Å². The summed E-state index contributed by atoms with van der Waals surface area (Å²) in [5.41, 5.74) is -0.642. The van der Waals surface area contributed by atoms with Gasteiger partial charge in [-0.2, -0.15) is 13.2 Å². The molecule has 3 rings (SSSR count). The summed E-state index contributed by atoms with van der Waals surface area (Å²) >= 11 is 0. The standard InChI is InChI=1S/C17H17F3N4O2/c1-26-16(25)10-4-5-12(7-10)22-14-8-13(17(18,19)20)23-15(24-14)11-3-2-6-21-9-11/h2-3,6,8-10,12H,4-5,7H2,1H3,(H,22,23,24)/t10-,12+/m0/s1. The number of pyridine rings is 1. The first-order valence-corrected chi connectivity index (χ1v) is 8.08. The molecule has 2 aromatic rings. The predicted octanol–water partition coefficient (Wildman–Crippen LogP) is 3.31. The topological polar surface area (TPSA) is 77.0 Å². The van der Waals surface area contributed by atoms with Gasteiger partial charge in [-0.3, -0.25) is 9.78 Å². The maximum atomic E-state index is 13.2. The summed E-state index contributed by atoms with van der Waals surface area (Å²) in [6.45, 7) is 0. The number of halogens is 3. The monoisotopic (exact) mass is 366 g/mol.